The fraction of sp³-hybridized carbons (Fsp3) is 0.200. The van der Waals surface area contributed by atoms with Crippen molar-refractivity contribution in [2.45, 2.75) is 20.0 Å². The van der Waals surface area contributed by atoms with Gasteiger partial charge in [-0.05, 0) is 44.2 Å². The zero-order chi connectivity index (χ0) is 20.2. The Morgan fingerprint density at radius 2 is 1.71 bits per heavy atom. The Balaban J connectivity index is 2.18. The van der Waals surface area contributed by atoms with Crippen molar-refractivity contribution < 1.29 is 17.9 Å². The van der Waals surface area contributed by atoms with Crippen molar-refractivity contribution in [3.05, 3.63) is 58.4 Å². The van der Waals surface area contributed by atoms with E-state index in [0.717, 1.165) is 6.07 Å². The van der Waals surface area contributed by atoms with Crippen molar-refractivity contribution in [2.75, 3.05) is 7.11 Å². The summed E-state index contributed by atoms with van der Waals surface area (Å²) in [5.74, 6) is 0.754. The number of imidazole rings is 1. The van der Waals surface area contributed by atoms with Gasteiger partial charge in [-0.15, -0.1) is 0 Å². The summed E-state index contributed by atoms with van der Waals surface area (Å²) < 4.78 is 48.1. The Hall–Kier alpha value is -2.80. The molecule has 4 aromatic rings. The quantitative estimate of drug-likeness (QED) is 0.420. The third-order valence-electron chi connectivity index (χ3n) is 4.63. The van der Waals surface area contributed by atoms with Gasteiger partial charge in [0.15, 0.2) is 0 Å². The third kappa shape index (κ3) is 2.86. The second-order valence-electron chi connectivity index (χ2n) is 6.44. The predicted molar refractivity (Wildman–Crippen MR) is 102 cm³/mol. The van der Waals surface area contributed by atoms with Crippen molar-refractivity contribution in [3.63, 3.8) is 0 Å². The van der Waals surface area contributed by atoms with Crippen LogP contribution in [0.4, 0.5) is 13.2 Å². The second-order valence-corrected chi connectivity index (χ2v) is 6.88. The van der Waals surface area contributed by atoms with E-state index >= 15 is 0 Å². The molecule has 0 aliphatic heterocycles. The molecule has 0 amide bonds. The summed E-state index contributed by atoms with van der Waals surface area (Å²) in [4.78, 5) is 9.04. The lowest BCUT2D eigenvalue weighted by Gasteiger charge is -2.14. The molecule has 0 aliphatic rings. The van der Waals surface area contributed by atoms with Crippen LogP contribution < -0.4 is 4.74 Å². The van der Waals surface area contributed by atoms with Gasteiger partial charge < -0.3 is 4.74 Å². The topological polar surface area (TPSA) is 39.4 Å². The minimum Gasteiger partial charge on any atom is -0.497 e. The highest BCUT2D eigenvalue weighted by Crippen LogP contribution is 2.39. The first-order valence-electron chi connectivity index (χ1n) is 8.41. The maximum atomic E-state index is 13.7. The molecule has 0 N–H and O–H groups in total. The molecule has 0 fully saturated rings. The van der Waals surface area contributed by atoms with E-state index < -0.39 is 11.7 Å². The Labute approximate surface area is 163 Å². The molecule has 0 radical (unpaired) electrons. The van der Waals surface area contributed by atoms with Crippen molar-refractivity contribution in [1.82, 2.24) is 14.4 Å². The molecule has 4 rings (SSSR count). The highest BCUT2D eigenvalue weighted by molar-refractivity contribution is 6.30. The molecule has 0 atom stereocenters. The van der Waals surface area contributed by atoms with Crippen LogP contribution >= 0.6 is 11.6 Å². The number of alkyl halides is 3. The Morgan fingerprint density at radius 3 is 2.39 bits per heavy atom. The predicted octanol–water partition coefficient (Wildman–Crippen LogP) is 5.85. The summed E-state index contributed by atoms with van der Waals surface area (Å²) in [7, 11) is 1.53. The molecule has 28 heavy (non-hydrogen) atoms. The summed E-state index contributed by atoms with van der Waals surface area (Å²) in [6.45, 7) is 3.56. The van der Waals surface area contributed by atoms with E-state index in [4.69, 9.17) is 16.3 Å². The van der Waals surface area contributed by atoms with Gasteiger partial charge in [0.2, 0.25) is 0 Å². The van der Waals surface area contributed by atoms with E-state index in [1.165, 1.54) is 19.2 Å². The van der Waals surface area contributed by atoms with Crippen LogP contribution in [0.25, 0.3) is 27.9 Å². The van der Waals surface area contributed by atoms with Gasteiger partial charge in [0.25, 0.3) is 0 Å². The van der Waals surface area contributed by atoms with Gasteiger partial charge in [-0.2, -0.15) is 13.2 Å². The Morgan fingerprint density at radius 1 is 1.00 bits per heavy atom. The van der Waals surface area contributed by atoms with Crippen LogP contribution in [-0.2, 0) is 6.18 Å². The minimum absolute atomic E-state index is 0.0121. The molecule has 144 valence electrons. The molecular weight excluding hydrogens is 391 g/mol. The smallest absolute Gasteiger partial charge is 0.417 e. The monoisotopic (exact) mass is 405 g/mol. The number of hydrogen-bond acceptors (Lipinski definition) is 3. The van der Waals surface area contributed by atoms with E-state index in [1.54, 1.807) is 29.5 Å². The lowest BCUT2D eigenvalue weighted by atomic mass is 10.1. The maximum absolute atomic E-state index is 13.7. The largest absolute Gasteiger partial charge is 0.497 e. The first-order valence-corrected chi connectivity index (χ1v) is 8.79. The zero-order valence-corrected chi connectivity index (χ0v) is 16.0. The van der Waals surface area contributed by atoms with E-state index in [1.807, 2.05) is 6.92 Å². The SMILES string of the molecule is COc1ccc2nc(C)c3c(C)nc(-c4ccc(Cl)cc4C(F)(F)F)n3c2c1. The van der Waals surface area contributed by atoms with Crippen LogP contribution in [0.1, 0.15) is 17.0 Å². The number of nitrogens with zero attached hydrogens (tertiary/aromatic N) is 3. The van der Waals surface area contributed by atoms with Crippen LogP contribution in [0.2, 0.25) is 5.02 Å². The Bertz CT molecular complexity index is 1230. The fourth-order valence-electron chi connectivity index (χ4n) is 3.45. The highest BCUT2D eigenvalue weighted by atomic mass is 35.5. The molecule has 8 heteroatoms. The first-order chi connectivity index (χ1) is 13.2. The molecule has 4 nitrogen and oxygen atoms in total. The van der Waals surface area contributed by atoms with Crippen LogP contribution in [0.5, 0.6) is 5.75 Å². The molecule has 0 bridgehead atoms. The number of aromatic nitrogens is 3. The van der Waals surface area contributed by atoms with Crippen molar-refractivity contribution in [1.29, 1.82) is 0 Å². The van der Waals surface area contributed by atoms with Gasteiger partial charge >= 0.3 is 6.18 Å². The van der Waals surface area contributed by atoms with E-state index in [-0.39, 0.29) is 16.4 Å². The number of fused-ring (bicyclic) bond motifs is 3. The lowest BCUT2D eigenvalue weighted by molar-refractivity contribution is -0.137. The van der Waals surface area contributed by atoms with Gasteiger partial charge in [-0.1, -0.05) is 11.6 Å². The van der Waals surface area contributed by atoms with Crippen molar-refractivity contribution >= 4 is 28.2 Å². The van der Waals surface area contributed by atoms with Crippen molar-refractivity contribution in [2.24, 2.45) is 0 Å². The molecule has 2 heterocycles. The number of rotatable bonds is 2. The van der Waals surface area contributed by atoms with E-state index in [9.17, 15) is 13.2 Å². The molecule has 0 saturated carbocycles. The molecule has 2 aromatic heterocycles. The summed E-state index contributed by atoms with van der Waals surface area (Å²) in [5.41, 5.74) is 2.29. The van der Waals surface area contributed by atoms with Gasteiger partial charge in [0, 0.05) is 16.7 Å². The standard InChI is InChI=1S/C20H15ClF3N3O/c1-10-18-11(2)26-19(14-6-4-12(21)8-15(14)20(22,23)24)27(18)17-9-13(28-3)5-7-16(17)25-10/h4-9H,1-3H3. The number of ether oxygens (including phenoxy) is 1. The van der Waals surface area contributed by atoms with Crippen molar-refractivity contribution in [3.8, 4) is 17.1 Å². The van der Waals surface area contributed by atoms with Crippen LogP contribution in [0.15, 0.2) is 36.4 Å². The molecule has 0 aliphatic carbocycles. The molecule has 2 aromatic carbocycles. The lowest BCUT2D eigenvalue weighted by Crippen LogP contribution is -2.08. The van der Waals surface area contributed by atoms with Gasteiger partial charge in [-0.25, -0.2) is 9.97 Å². The third-order valence-corrected chi connectivity index (χ3v) is 4.87. The average Bonchev–Trinajstić information content (AvgIpc) is 2.99. The van der Waals surface area contributed by atoms with Gasteiger partial charge in [-0.3, -0.25) is 4.40 Å². The van der Waals surface area contributed by atoms with Crippen LogP contribution in [-0.4, -0.2) is 21.5 Å². The summed E-state index contributed by atoms with van der Waals surface area (Å²) >= 11 is 5.84. The fourth-order valence-corrected chi connectivity index (χ4v) is 3.62. The summed E-state index contributed by atoms with van der Waals surface area (Å²) in [5, 5.41) is 0.0121. The summed E-state index contributed by atoms with van der Waals surface area (Å²) in [6.07, 6.45) is -4.57. The van der Waals surface area contributed by atoms with Crippen LogP contribution in [0.3, 0.4) is 0 Å². The number of benzene rings is 2. The van der Waals surface area contributed by atoms with Gasteiger partial charge in [0.05, 0.1) is 40.6 Å². The Kier molecular flexibility index (Phi) is 4.23. The average molecular weight is 406 g/mol. The number of halogens is 4. The number of aryl methyl sites for hydroxylation is 2. The molecule has 0 spiro atoms. The first kappa shape index (κ1) is 18.6. The summed E-state index contributed by atoms with van der Waals surface area (Å²) in [6, 6.07) is 8.97. The molecule has 0 unspecified atom stereocenters. The molecule has 0 saturated heterocycles. The van der Waals surface area contributed by atoms with E-state index in [2.05, 4.69) is 9.97 Å². The zero-order valence-electron chi connectivity index (χ0n) is 15.2. The number of methoxy groups -OCH3 is 1. The normalized spacial score (nSPS) is 12.1. The minimum atomic E-state index is -4.57. The van der Waals surface area contributed by atoms with E-state index in [0.29, 0.717) is 33.7 Å². The maximum Gasteiger partial charge on any atom is 0.417 e. The second kappa shape index (κ2) is 6.38. The van der Waals surface area contributed by atoms with Gasteiger partial charge in [0.1, 0.15) is 11.6 Å². The van der Waals surface area contributed by atoms with Crippen LogP contribution in [0, 0.1) is 13.8 Å². The number of hydrogen-bond donors (Lipinski definition) is 0. The molecular formula is C20H15ClF3N3O. The highest BCUT2D eigenvalue weighted by Gasteiger charge is 2.35.